The highest BCUT2D eigenvalue weighted by molar-refractivity contribution is 5.90. The molecule has 8 heteroatoms. The zero-order chi connectivity index (χ0) is 20.0. The molecule has 1 aliphatic rings. The number of aliphatic carboxylic acids is 1. The lowest BCUT2D eigenvalue weighted by Gasteiger charge is -2.39. The van der Waals surface area contributed by atoms with Gasteiger partial charge in [-0.15, -0.1) is 0 Å². The molecule has 0 radical (unpaired) electrons. The first-order chi connectivity index (χ1) is 13.4. The molecule has 0 spiro atoms. The maximum absolute atomic E-state index is 12.4. The summed E-state index contributed by atoms with van der Waals surface area (Å²) in [5.41, 5.74) is 2.99. The zero-order valence-electron chi connectivity index (χ0n) is 15.0. The van der Waals surface area contributed by atoms with E-state index in [9.17, 15) is 24.8 Å². The Morgan fingerprint density at radius 3 is 2.46 bits per heavy atom. The first kappa shape index (κ1) is 17.7. The van der Waals surface area contributed by atoms with E-state index in [1.54, 1.807) is 12.1 Å². The number of aromatic nitrogens is 1. The summed E-state index contributed by atoms with van der Waals surface area (Å²) in [5.74, 6) is -1.46. The normalized spacial score (nSPS) is 18.7. The number of hydrogen-bond acceptors (Lipinski definition) is 4. The minimum Gasteiger partial charge on any atom is -0.480 e. The Balaban J connectivity index is 1.95. The number of carboxylic acids is 1. The van der Waals surface area contributed by atoms with Crippen molar-refractivity contribution in [3.8, 4) is 0 Å². The Morgan fingerprint density at radius 2 is 1.86 bits per heavy atom. The van der Waals surface area contributed by atoms with Crippen molar-refractivity contribution < 1.29 is 19.6 Å². The smallest absolute Gasteiger partial charge is 0.326 e. The number of para-hydroxylation sites is 1. The molecular weight excluding hydrogens is 362 g/mol. The maximum Gasteiger partial charge on any atom is 0.326 e. The second-order valence-electron chi connectivity index (χ2n) is 6.80. The Hall–Kier alpha value is -3.68. The van der Waals surface area contributed by atoms with Crippen molar-refractivity contribution >= 4 is 28.5 Å². The Morgan fingerprint density at radius 1 is 1.18 bits per heavy atom. The number of H-pyrrole nitrogens is 1. The van der Waals surface area contributed by atoms with E-state index in [0.29, 0.717) is 5.56 Å². The third-order valence-corrected chi connectivity index (χ3v) is 5.20. The summed E-state index contributed by atoms with van der Waals surface area (Å²) in [6, 6.07) is 11.7. The first-order valence-electron chi connectivity index (χ1n) is 8.74. The van der Waals surface area contributed by atoms with Crippen LogP contribution in [0.25, 0.3) is 10.9 Å². The van der Waals surface area contributed by atoms with Gasteiger partial charge in [-0.2, -0.15) is 0 Å². The lowest BCUT2D eigenvalue weighted by Crippen LogP contribution is -2.50. The number of carbonyl (C=O) groups is 2. The molecule has 8 nitrogen and oxygen atoms in total. The van der Waals surface area contributed by atoms with Gasteiger partial charge in [0.15, 0.2) is 0 Å². The van der Waals surface area contributed by atoms with E-state index >= 15 is 0 Å². The standard InChI is InChI=1S/C20H17N3O5/c1-11(24)22-17(20(25)26)10-15-14-4-2-3-5-16(14)21-18(15)19(22)12-6-8-13(9-7-12)23(27)28/h2-9,17,19,21H,10H2,1H3,(H,25,26)/t17-,19+/m0/s1. The van der Waals surface area contributed by atoms with Gasteiger partial charge in [0, 0.05) is 42.1 Å². The van der Waals surface area contributed by atoms with Crippen molar-refractivity contribution in [2.24, 2.45) is 0 Å². The van der Waals surface area contributed by atoms with Crippen molar-refractivity contribution in [1.29, 1.82) is 0 Å². The van der Waals surface area contributed by atoms with Crippen LogP contribution >= 0.6 is 0 Å². The molecule has 4 rings (SSSR count). The number of nitro groups is 1. The fraction of sp³-hybridized carbons (Fsp3) is 0.200. The van der Waals surface area contributed by atoms with Gasteiger partial charge in [0.25, 0.3) is 5.69 Å². The van der Waals surface area contributed by atoms with E-state index in [1.807, 2.05) is 24.3 Å². The van der Waals surface area contributed by atoms with Gasteiger partial charge in [0.05, 0.1) is 11.0 Å². The monoisotopic (exact) mass is 379 g/mol. The van der Waals surface area contributed by atoms with Gasteiger partial charge in [-0.3, -0.25) is 14.9 Å². The number of non-ortho nitro benzene ring substituents is 1. The maximum atomic E-state index is 12.4. The molecular formula is C20H17N3O5. The Bertz CT molecular complexity index is 1100. The minimum absolute atomic E-state index is 0.0689. The summed E-state index contributed by atoms with van der Waals surface area (Å²) in [6.45, 7) is 1.34. The average molecular weight is 379 g/mol. The number of amides is 1. The molecule has 1 aromatic heterocycles. The zero-order valence-corrected chi connectivity index (χ0v) is 15.0. The minimum atomic E-state index is -1.09. The second-order valence-corrected chi connectivity index (χ2v) is 6.80. The molecule has 0 aliphatic carbocycles. The number of hydrogen-bond donors (Lipinski definition) is 2. The molecule has 0 unspecified atom stereocenters. The highest BCUT2D eigenvalue weighted by atomic mass is 16.6. The van der Waals surface area contributed by atoms with Crippen LogP contribution in [-0.4, -0.2) is 37.8 Å². The van der Waals surface area contributed by atoms with Crippen LogP contribution in [0, 0.1) is 10.1 Å². The third kappa shape index (κ3) is 2.70. The van der Waals surface area contributed by atoms with Gasteiger partial charge in [-0.1, -0.05) is 18.2 Å². The second kappa shape index (κ2) is 6.49. The molecule has 3 aromatic rings. The van der Waals surface area contributed by atoms with E-state index in [0.717, 1.165) is 22.2 Å². The van der Waals surface area contributed by atoms with E-state index in [1.165, 1.54) is 24.0 Å². The third-order valence-electron chi connectivity index (χ3n) is 5.20. The average Bonchev–Trinajstić information content (AvgIpc) is 3.04. The number of carbonyl (C=O) groups excluding carboxylic acids is 1. The van der Waals surface area contributed by atoms with Crippen molar-refractivity contribution in [3.05, 3.63) is 75.5 Å². The summed E-state index contributed by atoms with van der Waals surface area (Å²) >= 11 is 0. The van der Waals surface area contributed by atoms with Crippen molar-refractivity contribution in [2.45, 2.75) is 25.4 Å². The summed E-state index contributed by atoms with van der Waals surface area (Å²) in [7, 11) is 0. The van der Waals surface area contributed by atoms with Gasteiger partial charge in [-0.05, 0) is 29.3 Å². The van der Waals surface area contributed by atoms with Crippen molar-refractivity contribution in [2.75, 3.05) is 0 Å². The molecule has 28 heavy (non-hydrogen) atoms. The van der Waals surface area contributed by atoms with Gasteiger partial charge in [-0.25, -0.2) is 4.79 Å². The van der Waals surface area contributed by atoms with Crippen LogP contribution in [0.15, 0.2) is 48.5 Å². The van der Waals surface area contributed by atoms with Gasteiger partial charge in [0.2, 0.25) is 5.91 Å². The highest BCUT2D eigenvalue weighted by Gasteiger charge is 2.42. The van der Waals surface area contributed by atoms with E-state index in [2.05, 4.69) is 4.98 Å². The SMILES string of the molecule is CC(=O)N1[C@H](c2ccc([N+](=O)[O-])cc2)c2[nH]c3ccccc3c2C[C@H]1C(=O)O. The molecule has 142 valence electrons. The number of rotatable bonds is 3. The molecule has 2 heterocycles. The van der Waals surface area contributed by atoms with Crippen LogP contribution in [0.2, 0.25) is 0 Å². The van der Waals surface area contributed by atoms with E-state index in [4.69, 9.17) is 0 Å². The van der Waals surface area contributed by atoms with Crippen LogP contribution in [0.1, 0.15) is 29.8 Å². The summed E-state index contributed by atoms with van der Waals surface area (Å²) in [5, 5.41) is 21.7. The number of benzene rings is 2. The number of carboxylic acid groups (broad SMARTS) is 1. The lowest BCUT2D eigenvalue weighted by atomic mass is 9.88. The van der Waals surface area contributed by atoms with Crippen LogP contribution in [0.5, 0.6) is 0 Å². The van der Waals surface area contributed by atoms with Crippen LogP contribution in [0.4, 0.5) is 5.69 Å². The van der Waals surface area contributed by atoms with Gasteiger partial charge < -0.3 is 15.0 Å². The Kier molecular flexibility index (Phi) is 4.11. The summed E-state index contributed by atoms with van der Waals surface area (Å²) < 4.78 is 0. The molecule has 2 N–H and O–H groups in total. The molecule has 0 saturated carbocycles. The lowest BCUT2D eigenvalue weighted by molar-refractivity contribution is -0.384. The van der Waals surface area contributed by atoms with Gasteiger partial charge >= 0.3 is 5.97 Å². The predicted octanol–water partition coefficient (Wildman–Crippen LogP) is 3.02. The fourth-order valence-electron chi connectivity index (χ4n) is 4.00. The molecule has 0 fully saturated rings. The first-order valence-corrected chi connectivity index (χ1v) is 8.74. The summed E-state index contributed by atoms with van der Waals surface area (Å²) in [6.07, 6.45) is 0.192. The van der Waals surface area contributed by atoms with Crippen molar-refractivity contribution in [3.63, 3.8) is 0 Å². The van der Waals surface area contributed by atoms with Crippen LogP contribution in [0.3, 0.4) is 0 Å². The topological polar surface area (TPSA) is 117 Å². The van der Waals surface area contributed by atoms with Crippen LogP contribution < -0.4 is 0 Å². The fourth-order valence-corrected chi connectivity index (χ4v) is 4.00. The molecule has 0 saturated heterocycles. The molecule has 2 aromatic carbocycles. The predicted molar refractivity (Wildman–Crippen MR) is 101 cm³/mol. The Labute approximate surface area is 159 Å². The largest absolute Gasteiger partial charge is 0.480 e. The highest BCUT2D eigenvalue weighted by Crippen LogP contribution is 2.41. The number of nitro benzene ring substituents is 1. The van der Waals surface area contributed by atoms with Gasteiger partial charge in [0.1, 0.15) is 6.04 Å². The van der Waals surface area contributed by atoms with E-state index in [-0.39, 0.29) is 18.0 Å². The van der Waals surface area contributed by atoms with Crippen LogP contribution in [-0.2, 0) is 16.0 Å². The number of nitrogens with one attached hydrogen (secondary N) is 1. The quantitative estimate of drug-likeness (QED) is 0.536. The van der Waals surface area contributed by atoms with Crippen molar-refractivity contribution in [1.82, 2.24) is 9.88 Å². The number of aromatic amines is 1. The summed E-state index contributed by atoms with van der Waals surface area (Å²) in [4.78, 5) is 39.5. The molecule has 0 bridgehead atoms. The molecule has 1 amide bonds. The molecule has 1 aliphatic heterocycles. The number of nitrogens with zero attached hydrogens (tertiary/aromatic N) is 2. The number of fused-ring (bicyclic) bond motifs is 3. The molecule has 2 atom stereocenters. The van der Waals surface area contributed by atoms with E-state index < -0.39 is 23.0 Å².